The highest BCUT2D eigenvalue weighted by atomic mass is 35.5. The van der Waals surface area contributed by atoms with Gasteiger partial charge in [-0.1, -0.05) is 35.9 Å². The lowest BCUT2D eigenvalue weighted by Crippen LogP contribution is -2.20. The van der Waals surface area contributed by atoms with Crippen molar-refractivity contribution in [3.63, 3.8) is 0 Å². The number of nitrogens with two attached hydrogens (primary N) is 1. The molecule has 0 bridgehead atoms. The summed E-state index contributed by atoms with van der Waals surface area (Å²) in [4.78, 5) is 0. The Morgan fingerprint density at radius 2 is 2.00 bits per heavy atom. The maximum Gasteiger partial charge on any atom is 0.119 e. The van der Waals surface area contributed by atoms with Crippen molar-refractivity contribution in [2.75, 3.05) is 19.0 Å². The highest BCUT2D eigenvalue weighted by Gasteiger charge is 2.11. The van der Waals surface area contributed by atoms with Crippen molar-refractivity contribution >= 4 is 17.3 Å². The molecule has 100 valence electrons. The van der Waals surface area contributed by atoms with Gasteiger partial charge in [-0.05, 0) is 29.8 Å². The highest BCUT2D eigenvalue weighted by molar-refractivity contribution is 6.33. The van der Waals surface area contributed by atoms with E-state index >= 15 is 0 Å². The highest BCUT2D eigenvalue weighted by Crippen LogP contribution is 2.26. The Bertz CT molecular complexity index is 545. The molecule has 2 aromatic carbocycles. The number of halogens is 1. The molecule has 0 heterocycles. The molecule has 0 spiro atoms. The summed E-state index contributed by atoms with van der Waals surface area (Å²) in [7, 11) is 1.65. The standard InChI is InChI=1S/C15H17ClN2O/c1-19-12-6-4-5-11(9-12)15(10-17)18-14-8-3-2-7-13(14)16/h2-9,15,18H,10,17H2,1H3. The zero-order chi connectivity index (χ0) is 13.7. The van der Waals surface area contributed by atoms with Gasteiger partial charge in [-0.3, -0.25) is 0 Å². The molecular formula is C15H17ClN2O. The summed E-state index contributed by atoms with van der Waals surface area (Å²) in [5, 5.41) is 4.04. The van der Waals surface area contributed by atoms with E-state index in [-0.39, 0.29) is 6.04 Å². The number of para-hydroxylation sites is 1. The van der Waals surface area contributed by atoms with Crippen LogP contribution in [0.15, 0.2) is 48.5 Å². The van der Waals surface area contributed by atoms with Gasteiger partial charge in [0.1, 0.15) is 5.75 Å². The normalized spacial score (nSPS) is 11.9. The van der Waals surface area contributed by atoms with Gasteiger partial charge in [0.25, 0.3) is 0 Å². The third kappa shape index (κ3) is 3.40. The third-order valence-corrected chi connectivity index (χ3v) is 3.27. The zero-order valence-corrected chi connectivity index (χ0v) is 11.5. The quantitative estimate of drug-likeness (QED) is 0.879. The van der Waals surface area contributed by atoms with E-state index in [1.807, 2.05) is 48.5 Å². The number of hydrogen-bond acceptors (Lipinski definition) is 3. The maximum atomic E-state index is 6.14. The molecule has 0 aliphatic carbocycles. The molecule has 4 heteroatoms. The average molecular weight is 277 g/mol. The molecule has 1 unspecified atom stereocenters. The van der Waals surface area contributed by atoms with Crippen LogP contribution in [0.5, 0.6) is 5.75 Å². The molecule has 0 radical (unpaired) electrons. The van der Waals surface area contributed by atoms with Crippen molar-refractivity contribution < 1.29 is 4.74 Å². The molecule has 2 aromatic rings. The second-order valence-electron chi connectivity index (χ2n) is 4.19. The van der Waals surface area contributed by atoms with Crippen LogP contribution in [0.4, 0.5) is 5.69 Å². The van der Waals surface area contributed by atoms with Crippen LogP contribution >= 0.6 is 11.6 Å². The second kappa shape index (κ2) is 6.45. The summed E-state index contributed by atoms with van der Waals surface area (Å²) in [6.45, 7) is 0.471. The number of anilines is 1. The van der Waals surface area contributed by atoms with Crippen molar-refractivity contribution in [1.29, 1.82) is 0 Å². The largest absolute Gasteiger partial charge is 0.497 e. The molecule has 0 aliphatic rings. The molecular weight excluding hydrogens is 260 g/mol. The Kier molecular flexibility index (Phi) is 4.66. The predicted octanol–water partition coefficient (Wildman–Crippen LogP) is 3.46. The molecule has 3 N–H and O–H groups in total. The summed E-state index contributed by atoms with van der Waals surface area (Å²) in [6, 6.07) is 15.5. The molecule has 0 saturated carbocycles. The maximum absolute atomic E-state index is 6.14. The van der Waals surface area contributed by atoms with Gasteiger partial charge in [-0.2, -0.15) is 0 Å². The van der Waals surface area contributed by atoms with Crippen molar-refractivity contribution in [3.8, 4) is 5.75 Å². The van der Waals surface area contributed by atoms with Gasteiger partial charge in [-0.15, -0.1) is 0 Å². The first-order valence-corrected chi connectivity index (χ1v) is 6.47. The van der Waals surface area contributed by atoms with Gasteiger partial charge in [0.2, 0.25) is 0 Å². The molecule has 0 aromatic heterocycles. The van der Waals surface area contributed by atoms with Gasteiger partial charge in [-0.25, -0.2) is 0 Å². The zero-order valence-electron chi connectivity index (χ0n) is 10.8. The second-order valence-corrected chi connectivity index (χ2v) is 4.60. The molecule has 0 saturated heterocycles. The van der Waals surface area contributed by atoms with Gasteiger partial charge < -0.3 is 15.8 Å². The van der Waals surface area contributed by atoms with E-state index < -0.39 is 0 Å². The SMILES string of the molecule is COc1cccc(C(CN)Nc2ccccc2Cl)c1. The van der Waals surface area contributed by atoms with E-state index in [1.165, 1.54) is 0 Å². The van der Waals surface area contributed by atoms with Crippen LogP contribution in [-0.2, 0) is 0 Å². The van der Waals surface area contributed by atoms with Crippen LogP contribution in [0, 0.1) is 0 Å². The Labute approximate surface area is 118 Å². The van der Waals surface area contributed by atoms with Crippen LogP contribution in [0.2, 0.25) is 5.02 Å². The molecule has 0 aliphatic heterocycles. The van der Waals surface area contributed by atoms with Gasteiger partial charge in [0.15, 0.2) is 0 Å². The van der Waals surface area contributed by atoms with E-state index in [9.17, 15) is 0 Å². The molecule has 1 atom stereocenters. The Hall–Kier alpha value is -1.71. The minimum absolute atomic E-state index is 0.00463. The fraction of sp³-hybridized carbons (Fsp3) is 0.200. The number of rotatable bonds is 5. The lowest BCUT2D eigenvalue weighted by atomic mass is 10.1. The Morgan fingerprint density at radius 1 is 1.21 bits per heavy atom. The number of ether oxygens (including phenoxy) is 1. The summed E-state index contributed by atoms with van der Waals surface area (Å²) in [5.41, 5.74) is 7.80. The first-order chi connectivity index (χ1) is 9.24. The van der Waals surface area contributed by atoms with E-state index in [0.29, 0.717) is 11.6 Å². The van der Waals surface area contributed by atoms with Crippen LogP contribution in [-0.4, -0.2) is 13.7 Å². The minimum atomic E-state index is -0.00463. The lowest BCUT2D eigenvalue weighted by Gasteiger charge is -2.20. The predicted molar refractivity (Wildman–Crippen MR) is 79.9 cm³/mol. The molecule has 2 rings (SSSR count). The third-order valence-electron chi connectivity index (χ3n) is 2.94. The smallest absolute Gasteiger partial charge is 0.119 e. The van der Waals surface area contributed by atoms with Gasteiger partial charge in [0, 0.05) is 6.54 Å². The number of nitrogens with one attached hydrogen (secondary N) is 1. The molecule has 0 amide bonds. The van der Waals surface area contributed by atoms with Crippen LogP contribution in [0.25, 0.3) is 0 Å². The van der Waals surface area contributed by atoms with Crippen molar-refractivity contribution in [2.45, 2.75) is 6.04 Å². The first kappa shape index (κ1) is 13.7. The number of methoxy groups -OCH3 is 1. The number of benzene rings is 2. The van der Waals surface area contributed by atoms with Crippen LogP contribution < -0.4 is 15.8 Å². The van der Waals surface area contributed by atoms with Crippen molar-refractivity contribution in [2.24, 2.45) is 5.73 Å². The first-order valence-electron chi connectivity index (χ1n) is 6.09. The topological polar surface area (TPSA) is 47.3 Å². The van der Waals surface area contributed by atoms with Crippen molar-refractivity contribution in [3.05, 3.63) is 59.1 Å². The summed E-state index contributed by atoms with van der Waals surface area (Å²) in [5.74, 6) is 0.817. The summed E-state index contributed by atoms with van der Waals surface area (Å²) >= 11 is 6.14. The Morgan fingerprint density at radius 3 is 2.68 bits per heavy atom. The monoisotopic (exact) mass is 276 g/mol. The van der Waals surface area contributed by atoms with E-state index in [4.69, 9.17) is 22.1 Å². The average Bonchev–Trinajstić information content (AvgIpc) is 2.46. The summed E-state index contributed by atoms with van der Waals surface area (Å²) < 4.78 is 5.23. The van der Waals surface area contributed by atoms with E-state index in [2.05, 4.69) is 5.32 Å². The number of hydrogen-bond donors (Lipinski definition) is 2. The van der Waals surface area contributed by atoms with E-state index in [0.717, 1.165) is 17.0 Å². The minimum Gasteiger partial charge on any atom is -0.497 e. The van der Waals surface area contributed by atoms with Crippen molar-refractivity contribution in [1.82, 2.24) is 0 Å². The van der Waals surface area contributed by atoms with Gasteiger partial charge >= 0.3 is 0 Å². The Balaban J connectivity index is 2.22. The van der Waals surface area contributed by atoms with Crippen LogP contribution in [0.1, 0.15) is 11.6 Å². The fourth-order valence-corrected chi connectivity index (χ4v) is 2.09. The van der Waals surface area contributed by atoms with Crippen LogP contribution in [0.3, 0.4) is 0 Å². The van der Waals surface area contributed by atoms with E-state index in [1.54, 1.807) is 7.11 Å². The fourth-order valence-electron chi connectivity index (χ4n) is 1.90. The molecule has 3 nitrogen and oxygen atoms in total. The lowest BCUT2D eigenvalue weighted by molar-refractivity contribution is 0.414. The molecule has 0 fully saturated rings. The summed E-state index contributed by atoms with van der Waals surface area (Å²) in [6.07, 6.45) is 0. The van der Waals surface area contributed by atoms with Gasteiger partial charge in [0.05, 0.1) is 23.9 Å². The molecule has 19 heavy (non-hydrogen) atoms.